The van der Waals surface area contributed by atoms with Crippen LogP contribution in [-0.4, -0.2) is 69.5 Å². The van der Waals surface area contributed by atoms with Gasteiger partial charge in [0.2, 0.25) is 17.7 Å². The molecule has 2 heterocycles. The molecule has 0 saturated heterocycles. The Morgan fingerprint density at radius 2 is 1.22 bits per heavy atom. The van der Waals surface area contributed by atoms with E-state index in [0.717, 1.165) is 32.9 Å². The summed E-state index contributed by atoms with van der Waals surface area (Å²) in [6.45, 7) is 4.02. The quantitative estimate of drug-likeness (QED) is 0.0877. The Hall–Kier alpha value is -4.68. The summed E-state index contributed by atoms with van der Waals surface area (Å²) in [5, 5.41) is 19.9. The average Bonchev–Trinajstić information content (AvgIpc) is 3.63. The van der Waals surface area contributed by atoms with Gasteiger partial charge in [-0.2, -0.15) is 0 Å². The molecule has 4 unspecified atom stereocenters. The summed E-state index contributed by atoms with van der Waals surface area (Å²) < 4.78 is 0. The van der Waals surface area contributed by atoms with E-state index >= 15 is 0 Å². The third kappa shape index (κ3) is 8.49. The zero-order valence-electron chi connectivity index (χ0n) is 25.6. The first kappa shape index (κ1) is 33.2. The number of aliphatic carboxylic acids is 1. The van der Waals surface area contributed by atoms with Crippen molar-refractivity contribution in [3.8, 4) is 0 Å². The van der Waals surface area contributed by atoms with Gasteiger partial charge in [-0.05, 0) is 55.0 Å². The number of nitrogens with two attached hydrogens (primary N) is 2. The van der Waals surface area contributed by atoms with E-state index in [2.05, 4.69) is 25.9 Å². The molecule has 0 bridgehead atoms. The lowest BCUT2D eigenvalue weighted by Gasteiger charge is -2.26. The van der Waals surface area contributed by atoms with Crippen molar-refractivity contribution in [1.82, 2.24) is 25.9 Å². The van der Waals surface area contributed by atoms with Gasteiger partial charge in [0.1, 0.15) is 18.1 Å². The van der Waals surface area contributed by atoms with Crippen LogP contribution in [-0.2, 0) is 32.0 Å². The minimum absolute atomic E-state index is 0.0425. The summed E-state index contributed by atoms with van der Waals surface area (Å²) in [6.07, 6.45) is 5.05. The second-order valence-corrected chi connectivity index (χ2v) is 11.7. The van der Waals surface area contributed by atoms with Crippen LogP contribution in [0.5, 0.6) is 0 Å². The zero-order valence-corrected chi connectivity index (χ0v) is 25.6. The number of carbonyl (C=O) groups excluding carboxylic acids is 3. The fourth-order valence-electron chi connectivity index (χ4n) is 5.33. The Labute approximate surface area is 261 Å². The van der Waals surface area contributed by atoms with Gasteiger partial charge >= 0.3 is 5.97 Å². The van der Waals surface area contributed by atoms with Crippen molar-refractivity contribution in [3.05, 3.63) is 72.1 Å². The van der Waals surface area contributed by atoms with Crippen LogP contribution in [0.15, 0.2) is 60.9 Å². The number of amides is 3. The smallest absolute Gasteiger partial charge is 0.326 e. The highest BCUT2D eigenvalue weighted by Crippen LogP contribution is 2.21. The Morgan fingerprint density at radius 1 is 0.733 bits per heavy atom. The first-order valence-corrected chi connectivity index (χ1v) is 15.3. The van der Waals surface area contributed by atoms with Crippen LogP contribution < -0.4 is 27.4 Å². The van der Waals surface area contributed by atoms with E-state index < -0.39 is 47.9 Å². The van der Waals surface area contributed by atoms with E-state index in [-0.39, 0.29) is 25.2 Å². The molecule has 4 atom stereocenters. The van der Waals surface area contributed by atoms with E-state index in [0.29, 0.717) is 19.4 Å². The van der Waals surface area contributed by atoms with Gasteiger partial charge in [-0.1, -0.05) is 50.2 Å². The fraction of sp³-hybridized carbons (Fsp3) is 0.394. The summed E-state index contributed by atoms with van der Waals surface area (Å²) in [6, 6.07) is 10.9. The van der Waals surface area contributed by atoms with Crippen LogP contribution in [0.2, 0.25) is 0 Å². The van der Waals surface area contributed by atoms with Crippen LogP contribution in [0.4, 0.5) is 0 Å². The summed E-state index contributed by atoms with van der Waals surface area (Å²) >= 11 is 0. The highest BCUT2D eigenvalue weighted by molar-refractivity contribution is 5.95. The molecule has 0 spiro atoms. The molecule has 12 heteroatoms. The van der Waals surface area contributed by atoms with E-state index in [4.69, 9.17) is 11.5 Å². The van der Waals surface area contributed by atoms with Gasteiger partial charge in [0.25, 0.3) is 0 Å². The molecule has 4 rings (SSSR count). The lowest BCUT2D eigenvalue weighted by molar-refractivity contribution is -0.142. The molecule has 0 fully saturated rings. The summed E-state index contributed by atoms with van der Waals surface area (Å²) in [7, 11) is 0. The Morgan fingerprint density at radius 3 is 1.76 bits per heavy atom. The van der Waals surface area contributed by atoms with Gasteiger partial charge < -0.3 is 42.5 Å². The van der Waals surface area contributed by atoms with Crippen molar-refractivity contribution < 1.29 is 24.3 Å². The molecule has 0 aliphatic rings. The number of carboxylic acid groups (broad SMARTS) is 1. The summed E-state index contributed by atoms with van der Waals surface area (Å²) in [5.41, 5.74) is 15.1. The van der Waals surface area contributed by atoms with Crippen LogP contribution in [0.3, 0.4) is 0 Å². The van der Waals surface area contributed by atoms with Crippen molar-refractivity contribution in [2.45, 2.75) is 70.1 Å². The number of para-hydroxylation sites is 2. The number of carbonyl (C=O) groups is 4. The van der Waals surface area contributed by atoms with Crippen LogP contribution in [0.1, 0.15) is 44.2 Å². The second kappa shape index (κ2) is 15.4. The van der Waals surface area contributed by atoms with Crippen molar-refractivity contribution in [2.75, 3.05) is 6.54 Å². The highest BCUT2D eigenvalue weighted by Gasteiger charge is 2.31. The van der Waals surface area contributed by atoms with Crippen LogP contribution in [0, 0.1) is 5.92 Å². The predicted octanol–water partition coefficient (Wildman–Crippen LogP) is 2.09. The van der Waals surface area contributed by atoms with E-state index in [1.807, 2.05) is 62.4 Å². The number of aromatic amines is 2. The molecular weight excluding hydrogens is 574 g/mol. The standard InChI is InChI=1S/C33H43N7O5/c1-19(2)29(35)32(43)39-27(15-20-17-36-24-11-5-3-9-22(20)24)31(42)38-26(13-7-8-14-34)30(41)40-28(33(44)45)16-21-18-37-25-12-6-4-10-23(21)25/h3-6,9-12,17-19,26-29,36-37H,7-8,13-16,34-35H2,1-2H3,(H,38,42)(H,39,43)(H,40,41)(H,44,45). The molecule has 45 heavy (non-hydrogen) atoms. The molecule has 10 N–H and O–H groups in total. The van der Waals surface area contributed by atoms with Crippen LogP contribution >= 0.6 is 0 Å². The number of rotatable bonds is 16. The van der Waals surface area contributed by atoms with Crippen molar-refractivity contribution in [3.63, 3.8) is 0 Å². The first-order valence-electron chi connectivity index (χ1n) is 15.3. The molecule has 12 nitrogen and oxygen atoms in total. The van der Waals surface area contributed by atoms with Gasteiger partial charge in [-0.25, -0.2) is 4.79 Å². The number of nitrogens with one attached hydrogen (secondary N) is 5. The zero-order chi connectivity index (χ0) is 32.5. The number of fused-ring (bicyclic) bond motifs is 2. The minimum Gasteiger partial charge on any atom is -0.480 e. The molecule has 0 radical (unpaired) electrons. The minimum atomic E-state index is -1.24. The number of unbranched alkanes of at least 4 members (excludes halogenated alkanes) is 1. The second-order valence-electron chi connectivity index (χ2n) is 11.7. The third-order valence-electron chi connectivity index (χ3n) is 8.05. The van der Waals surface area contributed by atoms with Gasteiger partial charge in [0.15, 0.2) is 0 Å². The van der Waals surface area contributed by atoms with Gasteiger partial charge in [0.05, 0.1) is 6.04 Å². The molecule has 0 aliphatic heterocycles. The summed E-state index contributed by atoms with van der Waals surface area (Å²) in [4.78, 5) is 58.9. The molecule has 2 aromatic carbocycles. The topological polar surface area (TPSA) is 208 Å². The normalized spacial score (nSPS) is 14.2. The van der Waals surface area contributed by atoms with Crippen molar-refractivity contribution in [1.29, 1.82) is 0 Å². The molecule has 0 saturated carbocycles. The predicted molar refractivity (Wildman–Crippen MR) is 173 cm³/mol. The number of hydrogen-bond acceptors (Lipinski definition) is 6. The van der Waals surface area contributed by atoms with Crippen molar-refractivity contribution >= 4 is 45.5 Å². The van der Waals surface area contributed by atoms with E-state index in [1.54, 1.807) is 12.4 Å². The van der Waals surface area contributed by atoms with E-state index in [1.165, 1.54) is 0 Å². The molecular formula is C33H43N7O5. The largest absolute Gasteiger partial charge is 0.480 e. The SMILES string of the molecule is CC(C)C(N)C(=O)NC(Cc1c[nH]c2ccccc12)C(=O)NC(CCCCN)C(=O)NC(Cc1c[nH]c2ccccc12)C(=O)O. The Bertz CT molecular complexity index is 1630. The molecule has 240 valence electrons. The lowest BCUT2D eigenvalue weighted by atomic mass is 10.0. The van der Waals surface area contributed by atoms with Crippen LogP contribution in [0.25, 0.3) is 21.8 Å². The average molecular weight is 618 g/mol. The monoisotopic (exact) mass is 617 g/mol. The number of benzene rings is 2. The maximum absolute atomic E-state index is 13.8. The Kier molecular flexibility index (Phi) is 11.3. The number of carboxylic acids is 1. The van der Waals surface area contributed by atoms with Gasteiger partial charge in [-0.3, -0.25) is 14.4 Å². The number of hydrogen-bond donors (Lipinski definition) is 8. The molecule has 3 amide bonds. The fourth-order valence-corrected chi connectivity index (χ4v) is 5.33. The maximum Gasteiger partial charge on any atom is 0.326 e. The lowest BCUT2D eigenvalue weighted by Crippen LogP contribution is -2.58. The van der Waals surface area contributed by atoms with Gasteiger partial charge in [-0.15, -0.1) is 0 Å². The summed E-state index contributed by atoms with van der Waals surface area (Å²) in [5.74, 6) is -3.07. The van der Waals surface area contributed by atoms with E-state index in [9.17, 15) is 24.3 Å². The number of H-pyrrole nitrogens is 2. The third-order valence-corrected chi connectivity index (χ3v) is 8.05. The molecule has 4 aromatic rings. The van der Waals surface area contributed by atoms with Gasteiger partial charge in [0, 0.05) is 47.0 Å². The van der Waals surface area contributed by atoms with Crippen molar-refractivity contribution in [2.24, 2.45) is 17.4 Å². The highest BCUT2D eigenvalue weighted by atomic mass is 16.4. The maximum atomic E-state index is 13.8. The first-order chi connectivity index (χ1) is 21.6. The number of aromatic nitrogens is 2. The Balaban J connectivity index is 1.54. The molecule has 2 aromatic heterocycles. The molecule has 0 aliphatic carbocycles.